The number of hydrogen-bond donors (Lipinski definition) is 1. The number of carbonyl (C=O) groups is 1. The van der Waals surface area contributed by atoms with E-state index < -0.39 is 0 Å². The molecule has 148 valence electrons. The number of carbonyl (C=O) groups excluding carboxylic acids is 1. The van der Waals surface area contributed by atoms with Crippen molar-refractivity contribution in [1.29, 1.82) is 0 Å². The van der Waals surface area contributed by atoms with Gasteiger partial charge in [-0.1, -0.05) is 6.58 Å². The van der Waals surface area contributed by atoms with Crippen LogP contribution in [0.25, 0.3) is 12.3 Å². The molecule has 2 rings (SSSR count). The maximum Gasteiger partial charge on any atom is 0.222 e. The van der Waals surface area contributed by atoms with E-state index in [1.165, 1.54) is 0 Å². The molecule has 27 heavy (non-hydrogen) atoms. The Morgan fingerprint density at radius 3 is 2.67 bits per heavy atom. The number of nitrogens with zero attached hydrogens (tertiary/aromatic N) is 2. The van der Waals surface area contributed by atoms with Crippen LogP contribution in [-0.2, 0) is 4.79 Å². The van der Waals surface area contributed by atoms with E-state index >= 15 is 0 Å². The lowest BCUT2D eigenvalue weighted by molar-refractivity contribution is -0.133. The van der Waals surface area contributed by atoms with Gasteiger partial charge in [-0.3, -0.25) is 9.79 Å². The van der Waals surface area contributed by atoms with Crippen LogP contribution in [0.2, 0.25) is 0 Å². The summed E-state index contributed by atoms with van der Waals surface area (Å²) in [5.74, 6) is 1.43. The number of aliphatic hydroxyl groups is 1. The van der Waals surface area contributed by atoms with Crippen molar-refractivity contribution < 1.29 is 19.4 Å². The highest BCUT2D eigenvalue weighted by molar-refractivity contribution is 5.76. The minimum atomic E-state index is 0.0271. The predicted octanol–water partition coefficient (Wildman–Crippen LogP) is 1.47. The Morgan fingerprint density at radius 2 is 2.07 bits per heavy atom. The van der Waals surface area contributed by atoms with E-state index in [1.807, 2.05) is 30.9 Å². The van der Waals surface area contributed by atoms with Crippen molar-refractivity contribution in [3.05, 3.63) is 22.6 Å². The lowest BCUT2D eigenvalue weighted by Crippen LogP contribution is -2.42. The normalized spacial score (nSPS) is 16.5. The van der Waals surface area contributed by atoms with E-state index in [2.05, 4.69) is 11.6 Å². The van der Waals surface area contributed by atoms with Crippen LogP contribution in [-0.4, -0.2) is 55.0 Å². The van der Waals surface area contributed by atoms with Crippen LogP contribution in [0.5, 0.6) is 11.5 Å². The lowest BCUT2D eigenvalue weighted by atomic mass is 10.1. The molecule has 1 heterocycles. The van der Waals surface area contributed by atoms with Crippen molar-refractivity contribution in [3.63, 3.8) is 0 Å². The first kappa shape index (κ1) is 21.0. The zero-order valence-electron chi connectivity index (χ0n) is 16.5. The van der Waals surface area contributed by atoms with Gasteiger partial charge in [0.05, 0.1) is 7.11 Å². The molecular formula is C21H30N2O4. The zero-order valence-corrected chi connectivity index (χ0v) is 16.5. The number of hydrogen-bond acceptors (Lipinski definition) is 5. The molecule has 0 spiro atoms. The first-order valence-corrected chi connectivity index (χ1v) is 9.42. The van der Waals surface area contributed by atoms with Gasteiger partial charge in [-0.15, -0.1) is 0 Å². The lowest BCUT2D eigenvalue weighted by Gasteiger charge is -2.32. The van der Waals surface area contributed by atoms with E-state index in [-0.39, 0.29) is 18.6 Å². The fraction of sp³-hybridized carbons (Fsp3) is 0.524. The van der Waals surface area contributed by atoms with Crippen LogP contribution >= 0.6 is 0 Å². The molecule has 1 aromatic carbocycles. The van der Waals surface area contributed by atoms with Gasteiger partial charge in [0, 0.05) is 56.1 Å². The first-order chi connectivity index (χ1) is 13.0. The van der Waals surface area contributed by atoms with Gasteiger partial charge in [0.25, 0.3) is 0 Å². The minimum absolute atomic E-state index is 0.0271. The molecule has 0 saturated carbocycles. The van der Waals surface area contributed by atoms with Gasteiger partial charge in [0.15, 0.2) is 11.5 Å². The topological polar surface area (TPSA) is 71.4 Å². The third kappa shape index (κ3) is 5.57. The Kier molecular flexibility index (Phi) is 7.85. The molecule has 1 amide bonds. The van der Waals surface area contributed by atoms with Crippen LogP contribution in [0.15, 0.2) is 17.1 Å². The summed E-state index contributed by atoms with van der Waals surface area (Å²) in [5, 5.41) is 10.6. The molecule has 1 aromatic rings. The highest BCUT2D eigenvalue weighted by Gasteiger charge is 2.24. The summed E-state index contributed by atoms with van der Waals surface area (Å²) in [6.07, 6.45) is 4.24. The summed E-state index contributed by atoms with van der Waals surface area (Å²) in [5.41, 5.74) is 0.874. The van der Waals surface area contributed by atoms with Gasteiger partial charge in [-0.05, 0) is 37.6 Å². The quantitative estimate of drug-likeness (QED) is 0.734. The third-order valence-corrected chi connectivity index (χ3v) is 4.74. The van der Waals surface area contributed by atoms with Crippen molar-refractivity contribution in [2.45, 2.75) is 45.6 Å². The Hall–Kier alpha value is -2.34. The van der Waals surface area contributed by atoms with Crippen molar-refractivity contribution in [1.82, 2.24) is 4.90 Å². The zero-order chi connectivity index (χ0) is 19.8. The van der Waals surface area contributed by atoms with Crippen LogP contribution < -0.4 is 19.9 Å². The number of amides is 1. The standard InChI is InChI=1S/C21H30N2O4/c1-5-22-16(3)18-14-20(19(26-4)13-15(18)2)27-17-8-10-23(11-9-17)21(25)7-6-12-24/h5,13-14,17,24H,2,6-12H2,1,3-4H3/b18-16-,22-5?. The molecule has 1 aliphatic rings. The molecule has 1 saturated heterocycles. The van der Waals surface area contributed by atoms with Crippen molar-refractivity contribution in [2.75, 3.05) is 26.8 Å². The number of rotatable bonds is 7. The molecule has 0 bridgehead atoms. The average Bonchev–Trinajstić information content (AvgIpc) is 2.67. The SMILES string of the molecule is C=c1cc(OC)c(OC2CCN(C(=O)CCCO)CC2)c/c1=C(\C)N=CC. The Bertz CT molecular complexity index is 780. The first-order valence-electron chi connectivity index (χ1n) is 9.42. The molecule has 6 heteroatoms. The predicted molar refractivity (Wildman–Crippen MR) is 108 cm³/mol. The third-order valence-electron chi connectivity index (χ3n) is 4.74. The highest BCUT2D eigenvalue weighted by atomic mass is 16.5. The van der Waals surface area contributed by atoms with Crippen LogP contribution in [0.4, 0.5) is 0 Å². The van der Waals surface area contributed by atoms with E-state index in [9.17, 15) is 4.79 Å². The summed E-state index contributed by atoms with van der Waals surface area (Å²) in [7, 11) is 1.62. The van der Waals surface area contributed by atoms with Gasteiger partial charge < -0.3 is 19.5 Å². The summed E-state index contributed by atoms with van der Waals surface area (Å²) in [6, 6.07) is 3.80. The second-order valence-corrected chi connectivity index (χ2v) is 6.66. The fourth-order valence-electron chi connectivity index (χ4n) is 3.24. The Balaban J connectivity index is 2.12. The van der Waals surface area contributed by atoms with Crippen LogP contribution in [0, 0.1) is 0 Å². The fourth-order valence-corrected chi connectivity index (χ4v) is 3.24. The number of aliphatic imine (C=N–C) groups is 1. The molecule has 0 unspecified atom stereocenters. The Morgan fingerprint density at radius 1 is 1.37 bits per heavy atom. The number of methoxy groups -OCH3 is 1. The highest BCUT2D eigenvalue weighted by Crippen LogP contribution is 2.27. The summed E-state index contributed by atoms with van der Waals surface area (Å²) in [6.45, 7) is 9.29. The number of ether oxygens (including phenoxy) is 2. The van der Waals surface area contributed by atoms with Crippen LogP contribution in [0.3, 0.4) is 0 Å². The monoisotopic (exact) mass is 374 g/mol. The van der Waals surface area contributed by atoms with Gasteiger partial charge in [0.2, 0.25) is 5.91 Å². The van der Waals surface area contributed by atoms with E-state index in [0.29, 0.717) is 37.4 Å². The smallest absolute Gasteiger partial charge is 0.222 e. The second-order valence-electron chi connectivity index (χ2n) is 6.66. The van der Waals surface area contributed by atoms with Gasteiger partial charge in [-0.2, -0.15) is 0 Å². The Labute approximate surface area is 160 Å². The van der Waals surface area contributed by atoms with E-state index in [1.54, 1.807) is 13.3 Å². The van der Waals surface area contributed by atoms with Crippen LogP contribution in [0.1, 0.15) is 39.5 Å². The maximum atomic E-state index is 12.1. The molecular weight excluding hydrogens is 344 g/mol. The minimum Gasteiger partial charge on any atom is -0.493 e. The summed E-state index contributed by atoms with van der Waals surface area (Å²) >= 11 is 0. The number of piperidine rings is 1. The van der Waals surface area contributed by atoms with Crippen molar-refractivity contribution in [2.24, 2.45) is 4.99 Å². The van der Waals surface area contributed by atoms with Gasteiger partial charge >= 0.3 is 0 Å². The maximum absolute atomic E-state index is 12.1. The number of benzene rings is 1. The van der Waals surface area contributed by atoms with Crippen molar-refractivity contribution in [3.8, 4) is 11.5 Å². The molecule has 1 aliphatic heterocycles. The summed E-state index contributed by atoms with van der Waals surface area (Å²) < 4.78 is 11.7. The largest absolute Gasteiger partial charge is 0.493 e. The molecule has 0 atom stereocenters. The van der Waals surface area contributed by atoms with E-state index in [4.69, 9.17) is 14.6 Å². The number of likely N-dealkylation sites (tertiary alicyclic amines) is 1. The molecule has 1 N–H and O–H groups in total. The molecule has 1 fully saturated rings. The van der Waals surface area contributed by atoms with Crippen molar-refractivity contribution >= 4 is 24.4 Å². The molecule has 0 aliphatic carbocycles. The number of aliphatic hydroxyl groups excluding tert-OH is 1. The van der Waals surface area contributed by atoms with E-state index in [0.717, 1.165) is 29.0 Å². The molecule has 0 radical (unpaired) electrons. The molecule has 6 nitrogen and oxygen atoms in total. The van der Waals surface area contributed by atoms with Gasteiger partial charge in [0.1, 0.15) is 6.10 Å². The van der Waals surface area contributed by atoms with Gasteiger partial charge in [-0.25, -0.2) is 0 Å². The summed E-state index contributed by atoms with van der Waals surface area (Å²) in [4.78, 5) is 18.3. The average molecular weight is 374 g/mol. The second kappa shape index (κ2) is 10.1. The molecule has 0 aromatic heterocycles.